The molecule has 0 radical (unpaired) electrons. The van der Waals surface area contributed by atoms with Crippen molar-refractivity contribution in [3.05, 3.63) is 53.2 Å². The highest BCUT2D eigenvalue weighted by atomic mass is 16.4. The van der Waals surface area contributed by atoms with Crippen LogP contribution < -0.4 is 11.1 Å². The molecule has 0 atom stereocenters. The first-order valence-electron chi connectivity index (χ1n) is 6.41. The van der Waals surface area contributed by atoms with Crippen molar-refractivity contribution in [1.29, 1.82) is 0 Å². The van der Waals surface area contributed by atoms with Crippen molar-refractivity contribution < 1.29 is 9.90 Å². The molecule has 2 aromatic rings. The number of carbonyl (C=O) groups is 1. The maximum absolute atomic E-state index is 11.2. The highest BCUT2D eigenvalue weighted by Crippen LogP contribution is 2.17. The van der Waals surface area contributed by atoms with Crippen molar-refractivity contribution in [3.63, 3.8) is 0 Å². The molecule has 0 unspecified atom stereocenters. The zero-order valence-electron chi connectivity index (χ0n) is 11.3. The first kappa shape index (κ1) is 13.9. The molecule has 0 spiro atoms. The average molecular weight is 271 g/mol. The van der Waals surface area contributed by atoms with Crippen LogP contribution in [0.25, 0.3) is 0 Å². The minimum Gasteiger partial charge on any atom is -0.478 e. The van der Waals surface area contributed by atoms with Gasteiger partial charge in [0.2, 0.25) is 0 Å². The number of benzene rings is 1. The van der Waals surface area contributed by atoms with Gasteiger partial charge in [0, 0.05) is 6.54 Å². The van der Waals surface area contributed by atoms with E-state index in [1.165, 1.54) is 17.8 Å². The number of carboxylic acid groups (broad SMARTS) is 1. The van der Waals surface area contributed by atoms with Gasteiger partial charge >= 0.3 is 5.97 Å². The molecule has 104 valence electrons. The fraction of sp³-hybridized carbons (Fsp3) is 0.200. The summed E-state index contributed by atoms with van der Waals surface area (Å²) in [6.07, 6.45) is 2.37. The van der Waals surface area contributed by atoms with E-state index in [9.17, 15) is 4.79 Å². The van der Waals surface area contributed by atoms with Crippen molar-refractivity contribution >= 4 is 17.5 Å². The molecule has 0 aliphatic carbocycles. The molecule has 0 saturated heterocycles. The second kappa shape index (κ2) is 6.06. The predicted molar refractivity (Wildman–Crippen MR) is 78.8 cm³/mol. The van der Waals surface area contributed by atoms with Gasteiger partial charge in [-0.1, -0.05) is 31.2 Å². The maximum Gasteiger partial charge on any atom is 0.339 e. The highest BCUT2D eigenvalue weighted by molar-refractivity contribution is 5.94. The van der Waals surface area contributed by atoms with E-state index >= 15 is 0 Å². The summed E-state index contributed by atoms with van der Waals surface area (Å²) in [4.78, 5) is 15.2. The van der Waals surface area contributed by atoms with Crippen LogP contribution in [0, 0.1) is 0 Å². The minimum atomic E-state index is -1.05. The van der Waals surface area contributed by atoms with E-state index in [-0.39, 0.29) is 5.56 Å². The summed E-state index contributed by atoms with van der Waals surface area (Å²) < 4.78 is 0. The monoisotopic (exact) mass is 271 g/mol. The van der Waals surface area contributed by atoms with E-state index in [1.54, 1.807) is 0 Å². The molecule has 0 bridgehead atoms. The van der Waals surface area contributed by atoms with E-state index in [2.05, 4.69) is 23.3 Å². The number of carboxylic acids is 1. The fourth-order valence-electron chi connectivity index (χ4n) is 2.04. The Bertz CT molecular complexity index is 626. The molecule has 0 saturated carbocycles. The minimum absolute atomic E-state index is 0.0824. The number of aryl methyl sites for hydroxylation is 1. The van der Waals surface area contributed by atoms with E-state index in [1.807, 2.05) is 18.2 Å². The molecular weight excluding hydrogens is 254 g/mol. The Kier molecular flexibility index (Phi) is 4.20. The molecule has 0 aliphatic rings. The lowest BCUT2D eigenvalue weighted by molar-refractivity contribution is 0.0697. The van der Waals surface area contributed by atoms with Crippen LogP contribution in [0.5, 0.6) is 0 Å². The van der Waals surface area contributed by atoms with Gasteiger partial charge in [0.05, 0.1) is 11.9 Å². The standard InChI is InChI=1S/C15H17N3O2/c1-2-10-5-3-4-6-11(10)8-17-14-13(15(19)20)7-12(16)9-18-14/h3-7,9H,2,8,16H2,1H3,(H,17,18)(H,19,20). The number of aromatic nitrogens is 1. The van der Waals surface area contributed by atoms with Crippen molar-refractivity contribution in [2.45, 2.75) is 19.9 Å². The second-order valence-electron chi connectivity index (χ2n) is 4.45. The molecule has 20 heavy (non-hydrogen) atoms. The third-order valence-electron chi connectivity index (χ3n) is 3.08. The molecule has 1 aromatic carbocycles. The number of hydrogen-bond acceptors (Lipinski definition) is 4. The number of aromatic carboxylic acids is 1. The van der Waals surface area contributed by atoms with Gasteiger partial charge in [-0.15, -0.1) is 0 Å². The molecule has 1 aromatic heterocycles. The van der Waals surface area contributed by atoms with Crippen LogP contribution in [-0.4, -0.2) is 16.1 Å². The lowest BCUT2D eigenvalue weighted by atomic mass is 10.1. The van der Waals surface area contributed by atoms with Crippen molar-refractivity contribution in [3.8, 4) is 0 Å². The van der Waals surface area contributed by atoms with Crippen LogP contribution in [0.3, 0.4) is 0 Å². The zero-order chi connectivity index (χ0) is 14.5. The Morgan fingerprint density at radius 2 is 2.05 bits per heavy atom. The normalized spacial score (nSPS) is 10.2. The van der Waals surface area contributed by atoms with Gasteiger partial charge in [-0.25, -0.2) is 9.78 Å². The van der Waals surface area contributed by atoms with Crippen LogP contribution in [0.1, 0.15) is 28.4 Å². The van der Waals surface area contributed by atoms with Gasteiger partial charge in [-0.3, -0.25) is 0 Å². The van der Waals surface area contributed by atoms with Gasteiger partial charge in [0.15, 0.2) is 0 Å². The number of anilines is 2. The number of nitrogens with zero attached hydrogens (tertiary/aromatic N) is 1. The Morgan fingerprint density at radius 3 is 2.70 bits per heavy atom. The van der Waals surface area contributed by atoms with Gasteiger partial charge in [-0.05, 0) is 23.6 Å². The van der Waals surface area contributed by atoms with Crippen LogP contribution >= 0.6 is 0 Å². The summed E-state index contributed by atoms with van der Waals surface area (Å²) in [5.41, 5.74) is 8.34. The van der Waals surface area contributed by atoms with Crippen LogP contribution in [-0.2, 0) is 13.0 Å². The Hall–Kier alpha value is -2.56. The summed E-state index contributed by atoms with van der Waals surface area (Å²) in [5.74, 6) is -0.714. The van der Waals surface area contributed by atoms with Crippen molar-refractivity contribution in [1.82, 2.24) is 4.98 Å². The fourth-order valence-corrected chi connectivity index (χ4v) is 2.04. The van der Waals surface area contributed by atoms with Crippen molar-refractivity contribution in [2.24, 2.45) is 0 Å². The lowest BCUT2D eigenvalue weighted by Gasteiger charge is -2.11. The number of rotatable bonds is 5. The van der Waals surface area contributed by atoms with Crippen LogP contribution in [0.4, 0.5) is 11.5 Å². The zero-order valence-corrected chi connectivity index (χ0v) is 11.3. The number of nitrogens with one attached hydrogen (secondary N) is 1. The van der Waals surface area contributed by atoms with Crippen LogP contribution in [0.15, 0.2) is 36.5 Å². The predicted octanol–water partition coefficient (Wildman–Crippen LogP) is 2.54. The Labute approximate surface area is 117 Å². The largest absolute Gasteiger partial charge is 0.478 e. The molecule has 4 N–H and O–H groups in total. The molecule has 2 rings (SSSR count). The molecule has 0 fully saturated rings. The number of pyridine rings is 1. The van der Waals surface area contributed by atoms with Gasteiger partial charge in [0.25, 0.3) is 0 Å². The van der Waals surface area contributed by atoms with Gasteiger partial charge < -0.3 is 16.2 Å². The Morgan fingerprint density at radius 1 is 1.35 bits per heavy atom. The third kappa shape index (κ3) is 3.06. The summed E-state index contributed by atoms with van der Waals surface area (Å²) in [5, 5.41) is 12.2. The Balaban J connectivity index is 2.21. The maximum atomic E-state index is 11.2. The van der Waals surface area contributed by atoms with Crippen LogP contribution in [0.2, 0.25) is 0 Å². The van der Waals surface area contributed by atoms with Gasteiger partial charge in [0.1, 0.15) is 11.4 Å². The summed E-state index contributed by atoms with van der Waals surface area (Å²) in [7, 11) is 0. The van der Waals surface area contributed by atoms with E-state index in [0.29, 0.717) is 18.1 Å². The van der Waals surface area contributed by atoms with E-state index < -0.39 is 5.97 Å². The third-order valence-corrected chi connectivity index (χ3v) is 3.08. The second-order valence-corrected chi connectivity index (χ2v) is 4.45. The molecule has 0 amide bonds. The number of hydrogen-bond donors (Lipinski definition) is 3. The molecule has 5 nitrogen and oxygen atoms in total. The smallest absolute Gasteiger partial charge is 0.339 e. The highest BCUT2D eigenvalue weighted by Gasteiger charge is 2.12. The van der Waals surface area contributed by atoms with Gasteiger partial charge in [-0.2, -0.15) is 0 Å². The summed E-state index contributed by atoms with van der Waals surface area (Å²) >= 11 is 0. The van der Waals surface area contributed by atoms with E-state index in [4.69, 9.17) is 10.8 Å². The number of nitrogens with two attached hydrogens (primary N) is 1. The lowest BCUT2D eigenvalue weighted by Crippen LogP contribution is -2.10. The van der Waals surface area contributed by atoms with Crippen molar-refractivity contribution in [2.75, 3.05) is 11.1 Å². The number of nitrogen functional groups attached to an aromatic ring is 1. The summed E-state index contributed by atoms with van der Waals surface area (Å²) in [6, 6.07) is 9.44. The topological polar surface area (TPSA) is 88.2 Å². The molecular formula is C15H17N3O2. The van der Waals surface area contributed by atoms with E-state index in [0.717, 1.165) is 12.0 Å². The average Bonchev–Trinajstić information content (AvgIpc) is 2.46. The quantitative estimate of drug-likeness (QED) is 0.777. The molecule has 1 heterocycles. The SMILES string of the molecule is CCc1ccccc1CNc1ncc(N)cc1C(=O)O. The summed E-state index contributed by atoms with van der Waals surface area (Å²) in [6.45, 7) is 2.62. The first-order valence-corrected chi connectivity index (χ1v) is 6.41. The molecule has 5 heteroatoms. The molecule has 0 aliphatic heterocycles. The first-order chi connectivity index (χ1) is 9.61.